The summed E-state index contributed by atoms with van der Waals surface area (Å²) in [4.78, 5) is 12.0. The van der Waals surface area contributed by atoms with Crippen molar-refractivity contribution in [3.05, 3.63) is 53.6 Å². The summed E-state index contributed by atoms with van der Waals surface area (Å²) >= 11 is 0. The number of ether oxygens (including phenoxy) is 1. The Labute approximate surface area is 137 Å². The zero-order valence-corrected chi connectivity index (χ0v) is 14.0. The minimum absolute atomic E-state index is 0.00203. The van der Waals surface area contributed by atoms with Gasteiger partial charge in [-0.2, -0.15) is 0 Å². The van der Waals surface area contributed by atoms with E-state index in [4.69, 9.17) is 4.74 Å². The van der Waals surface area contributed by atoms with E-state index in [0.29, 0.717) is 17.9 Å². The van der Waals surface area contributed by atoms with Crippen molar-refractivity contribution in [1.29, 1.82) is 0 Å². The summed E-state index contributed by atoms with van der Waals surface area (Å²) in [5, 5.41) is 5.98. The van der Waals surface area contributed by atoms with E-state index in [2.05, 4.69) is 10.6 Å². The molecule has 0 spiro atoms. The highest BCUT2D eigenvalue weighted by Gasteiger charge is 2.10. The molecule has 2 N–H and O–H groups in total. The molecule has 0 saturated carbocycles. The normalized spacial score (nSPS) is 10.4. The lowest BCUT2D eigenvalue weighted by molar-refractivity contribution is -0.116. The third-order valence-corrected chi connectivity index (χ3v) is 3.61. The third kappa shape index (κ3) is 4.83. The number of benzene rings is 2. The average molecular weight is 312 g/mol. The van der Waals surface area contributed by atoms with Gasteiger partial charge in [0.15, 0.2) is 5.75 Å². The summed E-state index contributed by atoms with van der Waals surface area (Å²) in [5.74, 6) is 1.49. The van der Waals surface area contributed by atoms with Crippen LogP contribution in [0.2, 0.25) is 0 Å². The highest BCUT2D eigenvalue weighted by atomic mass is 16.5. The van der Waals surface area contributed by atoms with Crippen LogP contribution in [0.4, 0.5) is 5.69 Å². The molecule has 23 heavy (non-hydrogen) atoms. The summed E-state index contributed by atoms with van der Waals surface area (Å²) in [6, 6.07) is 13.6. The van der Waals surface area contributed by atoms with E-state index in [9.17, 15) is 4.79 Å². The van der Waals surface area contributed by atoms with E-state index >= 15 is 0 Å². The Balaban J connectivity index is 2.13. The van der Waals surface area contributed by atoms with Crippen LogP contribution in [0.3, 0.4) is 0 Å². The molecule has 0 aliphatic rings. The molecule has 122 valence electrons. The van der Waals surface area contributed by atoms with E-state index in [1.807, 2.05) is 63.4 Å². The maximum absolute atomic E-state index is 12.0. The molecule has 0 fully saturated rings. The van der Waals surface area contributed by atoms with Crippen LogP contribution in [-0.2, 0) is 4.79 Å². The van der Waals surface area contributed by atoms with Crippen molar-refractivity contribution in [1.82, 2.24) is 5.32 Å². The van der Waals surface area contributed by atoms with Gasteiger partial charge in [-0.3, -0.25) is 4.79 Å². The quantitative estimate of drug-likeness (QED) is 0.759. The molecule has 0 bridgehead atoms. The average Bonchev–Trinajstić information content (AvgIpc) is 2.53. The van der Waals surface area contributed by atoms with Gasteiger partial charge in [-0.05, 0) is 57.1 Å². The maximum atomic E-state index is 12.0. The van der Waals surface area contributed by atoms with Crippen molar-refractivity contribution in [2.45, 2.75) is 26.7 Å². The lowest BCUT2D eigenvalue weighted by Crippen LogP contribution is -2.15. The van der Waals surface area contributed by atoms with Crippen LogP contribution in [0.25, 0.3) is 0 Å². The lowest BCUT2D eigenvalue weighted by Gasteiger charge is -2.15. The fourth-order valence-electron chi connectivity index (χ4n) is 2.37. The van der Waals surface area contributed by atoms with Gasteiger partial charge in [-0.25, -0.2) is 0 Å². The Morgan fingerprint density at radius 2 is 1.74 bits per heavy atom. The number of carbonyl (C=O) groups excluding carboxylic acids is 1. The highest BCUT2D eigenvalue weighted by Crippen LogP contribution is 2.33. The van der Waals surface area contributed by atoms with Crippen molar-refractivity contribution in [3.8, 4) is 11.5 Å². The number of nitrogens with one attached hydrogen (secondary N) is 2. The van der Waals surface area contributed by atoms with Gasteiger partial charge >= 0.3 is 0 Å². The summed E-state index contributed by atoms with van der Waals surface area (Å²) in [6.45, 7) is 4.86. The van der Waals surface area contributed by atoms with Gasteiger partial charge in [0.05, 0.1) is 5.69 Å². The second-order valence-corrected chi connectivity index (χ2v) is 5.57. The highest BCUT2D eigenvalue weighted by molar-refractivity contribution is 5.92. The standard InChI is InChI=1S/C19H24N2O2/c1-14-8-6-9-15(2)19(14)23-17-11-5-4-10-16(17)21-18(22)12-7-13-20-3/h4-6,8-11,20H,7,12-13H2,1-3H3,(H,21,22). The molecule has 4 nitrogen and oxygen atoms in total. The Morgan fingerprint density at radius 3 is 2.43 bits per heavy atom. The molecular formula is C19H24N2O2. The minimum atomic E-state index is -0.00203. The van der Waals surface area contributed by atoms with E-state index in [-0.39, 0.29) is 5.91 Å². The predicted octanol–water partition coefficient (Wildman–Crippen LogP) is 4.03. The van der Waals surface area contributed by atoms with Crippen LogP contribution in [-0.4, -0.2) is 19.5 Å². The molecule has 2 aromatic rings. The zero-order chi connectivity index (χ0) is 16.7. The number of hydrogen-bond acceptors (Lipinski definition) is 3. The molecule has 2 aromatic carbocycles. The van der Waals surface area contributed by atoms with Gasteiger partial charge in [-0.1, -0.05) is 30.3 Å². The largest absolute Gasteiger partial charge is 0.455 e. The number of amides is 1. The number of rotatable bonds is 7. The summed E-state index contributed by atoms with van der Waals surface area (Å²) in [7, 11) is 1.88. The first-order valence-corrected chi connectivity index (χ1v) is 7.89. The first kappa shape index (κ1) is 17.0. The van der Waals surface area contributed by atoms with Crippen molar-refractivity contribution in [2.24, 2.45) is 0 Å². The van der Waals surface area contributed by atoms with Gasteiger partial charge < -0.3 is 15.4 Å². The molecular weight excluding hydrogens is 288 g/mol. The van der Waals surface area contributed by atoms with Gasteiger partial charge in [-0.15, -0.1) is 0 Å². The van der Waals surface area contributed by atoms with E-state index in [0.717, 1.165) is 29.8 Å². The first-order chi connectivity index (χ1) is 11.1. The van der Waals surface area contributed by atoms with Crippen LogP contribution >= 0.6 is 0 Å². The molecule has 0 radical (unpaired) electrons. The number of anilines is 1. The van der Waals surface area contributed by atoms with E-state index < -0.39 is 0 Å². The monoisotopic (exact) mass is 312 g/mol. The van der Waals surface area contributed by atoms with Crippen molar-refractivity contribution >= 4 is 11.6 Å². The van der Waals surface area contributed by atoms with Crippen LogP contribution in [0.5, 0.6) is 11.5 Å². The first-order valence-electron chi connectivity index (χ1n) is 7.89. The molecule has 0 atom stereocenters. The molecule has 2 rings (SSSR count). The summed E-state index contributed by atoms with van der Waals surface area (Å²) < 4.78 is 6.07. The topological polar surface area (TPSA) is 50.4 Å². The molecule has 1 amide bonds. The van der Waals surface area contributed by atoms with Crippen molar-refractivity contribution < 1.29 is 9.53 Å². The Kier molecular flexibility index (Phi) is 6.18. The van der Waals surface area contributed by atoms with Crippen molar-refractivity contribution in [3.63, 3.8) is 0 Å². The molecule has 0 unspecified atom stereocenters. The number of para-hydroxylation sites is 3. The van der Waals surface area contributed by atoms with Crippen LogP contribution in [0.15, 0.2) is 42.5 Å². The Hall–Kier alpha value is -2.33. The van der Waals surface area contributed by atoms with Gasteiger partial charge in [0.25, 0.3) is 0 Å². The van der Waals surface area contributed by atoms with Gasteiger partial charge in [0.1, 0.15) is 5.75 Å². The van der Waals surface area contributed by atoms with Crippen LogP contribution in [0.1, 0.15) is 24.0 Å². The number of hydrogen-bond donors (Lipinski definition) is 2. The fraction of sp³-hybridized carbons (Fsp3) is 0.316. The third-order valence-electron chi connectivity index (χ3n) is 3.61. The zero-order valence-electron chi connectivity index (χ0n) is 14.0. The fourth-order valence-corrected chi connectivity index (χ4v) is 2.37. The second kappa shape index (κ2) is 8.34. The molecule has 0 heterocycles. The molecule has 0 aromatic heterocycles. The van der Waals surface area contributed by atoms with Crippen LogP contribution in [0, 0.1) is 13.8 Å². The number of aryl methyl sites for hydroxylation is 2. The predicted molar refractivity (Wildman–Crippen MR) is 94.2 cm³/mol. The summed E-state index contributed by atoms with van der Waals surface area (Å²) in [6.07, 6.45) is 1.29. The lowest BCUT2D eigenvalue weighted by atomic mass is 10.1. The Bertz CT molecular complexity index is 648. The maximum Gasteiger partial charge on any atom is 0.224 e. The van der Waals surface area contributed by atoms with Crippen LogP contribution < -0.4 is 15.4 Å². The number of carbonyl (C=O) groups is 1. The summed E-state index contributed by atoms with van der Waals surface area (Å²) in [5.41, 5.74) is 2.84. The molecule has 0 aliphatic carbocycles. The molecule has 0 saturated heterocycles. The second-order valence-electron chi connectivity index (χ2n) is 5.57. The molecule has 0 aliphatic heterocycles. The molecule has 4 heteroatoms. The SMILES string of the molecule is CNCCCC(=O)Nc1ccccc1Oc1c(C)cccc1C. The van der Waals surface area contributed by atoms with E-state index in [1.54, 1.807) is 0 Å². The van der Waals surface area contributed by atoms with Gasteiger partial charge in [0, 0.05) is 6.42 Å². The minimum Gasteiger partial charge on any atom is -0.455 e. The smallest absolute Gasteiger partial charge is 0.224 e. The van der Waals surface area contributed by atoms with Gasteiger partial charge in [0.2, 0.25) is 5.91 Å². The Morgan fingerprint density at radius 1 is 1.04 bits per heavy atom. The van der Waals surface area contributed by atoms with Crippen molar-refractivity contribution in [2.75, 3.05) is 18.9 Å². The van der Waals surface area contributed by atoms with E-state index in [1.165, 1.54) is 0 Å².